The summed E-state index contributed by atoms with van der Waals surface area (Å²) in [4.78, 5) is 0. The fourth-order valence-corrected chi connectivity index (χ4v) is 3.32. The van der Waals surface area contributed by atoms with Crippen LogP contribution in [0.25, 0.3) is 10.8 Å². The van der Waals surface area contributed by atoms with Crippen molar-refractivity contribution in [2.24, 2.45) is 0 Å². The van der Waals surface area contributed by atoms with Crippen LogP contribution in [-0.2, 0) is 0 Å². The Morgan fingerprint density at radius 1 is 1.11 bits per heavy atom. The second-order valence-electron chi connectivity index (χ2n) is 5.32. The molecule has 1 fully saturated rings. The molecule has 0 saturated heterocycles. The summed E-state index contributed by atoms with van der Waals surface area (Å²) in [6.07, 6.45) is 3.88. The zero-order chi connectivity index (χ0) is 13.3. The van der Waals surface area contributed by atoms with Gasteiger partial charge >= 0.3 is 0 Å². The van der Waals surface area contributed by atoms with Crippen LogP contribution in [0.3, 0.4) is 0 Å². The Labute approximate surface area is 121 Å². The molecule has 3 rings (SSSR count). The lowest BCUT2D eigenvalue weighted by Gasteiger charge is -2.22. The molecule has 0 amide bonds. The Morgan fingerprint density at radius 2 is 1.84 bits per heavy atom. The van der Waals surface area contributed by atoms with Crippen molar-refractivity contribution in [1.82, 2.24) is 0 Å². The lowest BCUT2D eigenvalue weighted by atomic mass is 10.0. The van der Waals surface area contributed by atoms with Gasteiger partial charge in [0, 0.05) is 0 Å². The molecular weight excluding hydrogens is 304 g/mol. The number of fused-ring (bicyclic) bond motifs is 1. The van der Waals surface area contributed by atoms with E-state index in [9.17, 15) is 5.11 Å². The summed E-state index contributed by atoms with van der Waals surface area (Å²) >= 11 is 3.60. The van der Waals surface area contributed by atoms with Gasteiger partial charge in [0.1, 0.15) is 12.4 Å². The van der Waals surface area contributed by atoms with Crippen molar-refractivity contribution in [3.63, 3.8) is 0 Å². The molecule has 2 nitrogen and oxygen atoms in total. The van der Waals surface area contributed by atoms with Gasteiger partial charge in [0.25, 0.3) is 0 Å². The van der Waals surface area contributed by atoms with Gasteiger partial charge in [-0.25, -0.2) is 0 Å². The van der Waals surface area contributed by atoms with Crippen LogP contribution in [0.1, 0.15) is 25.7 Å². The van der Waals surface area contributed by atoms with Crippen molar-refractivity contribution in [2.45, 2.75) is 31.3 Å². The smallest absolute Gasteiger partial charge is 0.134 e. The van der Waals surface area contributed by atoms with E-state index in [1.807, 2.05) is 24.3 Å². The molecule has 100 valence electrons. The van der Waals surface area contributed by atoms with E-state index in [4.69, 9.17) is 4.74 Å². The quantitative estimate of drug-likeness (QED) is 0.914. The van der Waals surface area contributed by atoms with Gasteiger partial charge in [-0.3, -0.25) is 0 Å². The molecule has 1 aliphatic rings. The molecule has 0 unspecified atom stereocenters. The van der Waals surface area contributed by atoms with E-state index >= 15 is 0 Å². The van der Waals surface area contributed by atoms with Crippen LogP contribution >= 0.6 is 15.9 Å². The molecule has 1 saturated carbocycles. The van der Waals surface area contributed by atoms with E-state index in [1.165, 1.54) is 5.39 Å². The van der Waals surface area contributed by atoms with Crippen molar-refractivity contribution in [2.75, 3.05) is 6.61 Å². The van der Waals surface area contributed by atoms with Gasteiger partial charge in [-0.1, -0.05) is 43.2 Å². The minimum Gasteiger partial charge on any atom is -0.489 e. The molecule has 0 aromatic heterocycles. The maximum absolute atomic E-state index is 10.3. The fraction of sp³-hybridized carbons (Fsp3) is 0.375. The molecule has 0 aliphatic heterocycles. The second kappa shape index (κ2) is 5.14. The van der Waals surface area contributed by atoms with Gasteiger partial charge in [0.2, 0.25) is 0 Å². The molecule has 3 heteroatoms. The summed E-state index contributed by atoms with van der Waals surface area (Å²) in [6.45, 7) is 0.379. The zero-order valence-corrected chi connectivity index (χ0v) is 12.3. The summed E-state index contributed by atoms with van der Waals surface area (Å²) in [5, 5.41) is 12.6. The molecular formula is C16H17BrO2. The van der Waals surface area contributed by atoms with Crippen LogP contribution in [0.5, 0.6) is 5.75 Å². The maximum atomic E-state index is 10.3. The van der Waals surface area contributed by atoms with Gasteiger partial charge in [0.15, 0.2) is 0 Å². The van der Waals surface area contributed by atoms with Gasteiger partial charge in [-0.15, -0.1) is 0 Å². The van der Waals surface area contributed by atoms with Gasteiger partial charge < -0.3 is 9.84 Å². The Morgan fingerprint density at radius 3 is 2.63 bits per heavy atom. The largest absolute Gasteiger partial charge is 0.489 e. The fourth-order valence-electron chi connectivity index (χ4n) is 2.71. The summed E-state index contributed by atoms with van der Waals surface area (Å²) in [5.41, 5.74) is -0.634. The van der Waals surface area contributed by atoms with E-state index in [0.29, 0.717) is 6.61 Å². The third-order valence-electron chi connectivity index (χ3n) is 3.86. The van der Waals surface area contributed by atoms with E-state index < -0.39 is 5.60 Å². The molecule has 0 bridgehead atoms. The Balaban J connectivity index is 1.83. The van der Waals surface area contributed by atoms with E-state index in [1.54, 1.807) is 0 Å². The van der Waals surface area contributed by atoms with Crippen molar-refractivity contribution in [3.8, 4) is 5.75 Å². The van der Waals surface area contributed by atoms with Crippen LogP contribution < -0.4 is 4.74 Å². The first-order valence-corrected chi connectivity index (χ1v) is 7.50. The highest BCUT2D eigenvalue weighted by Gasteiger charge is 2.32. The van der Waals surface area contributed by atoms with Crippen LogP contribution in [-0.4, -0.2) is 17.3 Å². The molecule has 2 aromatic rings. The number of halogens is 1. The van der Waals surface area contributed by atoms with Crippen molar-refractivity contribution >= 4 is 26.7 Å². The van der Waals surface area contributed by atoms with Gasteiger partial charge in [-0.2, -0.15) is 0 Å². The summed E-state index contributed by atoms with van der Waals surface area (Å²) in [7, 11) is 0. The highest BCUT2D eigenvalue weighted by Crippen LogP contribution is 2.35. The third kappa shape index (κ3) is 2.63. The molecule has 0 atom stereocenters. The molecule has 2 aromatic carbocycles. The number of rotatable bonds is 3. The Hall–Kier alpha value is -1.06. The lowest BCUT2D eigenvalue weighted by molar-refractivity contribution is 0.00123. The van der Waals surface area contributed by atoms with Crippen LogP contribution in [0.15, 0.2) is 40.9 Å². The monoisotopic (exact) mass is 320 g/mol. The highest BCUT2D eigenvalue weighted by atomic mass is 79.9. The SMILES string of the molecule is OC1(COc2ccc3ccccc3c2Br)CCCC1. The van der Waals surface area contributed by atoms with E-state index in [-0.39, 0.29) is 0 Å². The van der Waals surface area contributed by atoms with Crippen LogP contribution in [0.2, 0.25) is 0 Å². The predicted molar refractivity (Wildman–Crippen MR) is 80.6 cm³/mol. The van der Waals surface area contributed by atoms with Gasteiger partial charge in [0.05, 0.1) is 10.1 Å². The first-order chi connectivity index (χ1) is 9.18. The average Bonchev–Trinajstić information content (AvgIpc) is 2.86. The third-order valence-corrected chi connectivity index (χ3v) is 4.68. The molecule has 0 spiro atoms. The Bertz CT molecular complexity index is 588. The van der Waals surface area contributed by atoms with E-state index in [0.717, 1.165) is 41.3 Å². The molecule has 0 heterocycles. The zero-order valence-electron chi connectivity index (χ0n) is 10.7. The van der Waals surface area contributed by atoms with Crippen LogP contribution in [0.4, 0.5) is 0 Å². The summed E-state index contributed by atoms with van der Waals surface area (Å²) < 4.78 is 6.80. The van der Waals surface area contributed by atoms with Gasteiger partial charge in [-0.05, 0) is 45.6 Å². The Kier molecular flexibility index (Phi) is 3.50. The number of ether oxygens (including phenoxy) is 1. The molecule has 1 N–H and O–H groups in total. The number of aliphatic hydroxyl groups is 1. The first-order valence-electron chi connectivity index (χ1n) is 6.70. The van der Waals surface area contributed by atoms with E-state index in [2.05, 4.69) is 28.1 Å². The molecule has 0 radical (unpaired) electrons. The predicted octanol–water partition coefficient (Wildman–Crippen LogP) is 4.29. The first kappa shape index (κ1) is 12.9. The standard InChI is InChI=1S/C16H17BrO2/c17-15-13-6-2-1-5-12(13)7-8-14(15)19-11-16(18)9-3-4-10-16/h1-2,5-8,18H,3-4,9-11H2. The highest BCUT2D eigenvalue weighted by molar-refractivity contribution is 9.10. The number of benzene rings is 2. The number of hydrogen-bond donors (Lipinski definition) is 1. The summed E-state index contributed by atoms with van der Waals surface area (Å²) in [5.74, 6) is 0.805. The number of hydrogen-bond acceptors (Lipinski definition) is 2. The second-order valence-corrected chi connectivity index (χ2v) is 6.11. The topological polar surface area (TPSA) is 29.5 Å². The summed E-state index contributed by atoms with van der Waals surface area (Å²) in [6, 6.07) is 12.2. The normalized spacial score (nSPS) is 17.8. The van der Waals surface area contributed by atoms with Crippen LogP contribution in [0, 0.1) is 0 Å². The average molecular weight is 321 g/mol. The van der Waals surface area contributed by atoms with Crippen molar-refractivity contribution < 1.29 is 9.84 Å². The molecule has 19 heavy (non-hydrogen) atoms. The lowest BCUT2D eigenvalue weighted by Crippen LogP contribution is -2.32. The maximum Gasteiger partial charge on any atom is 0.134 e. The molecule has 1 aliphatic carbocycles. The van der Waals surface area contributed by atoms with Crippen molar-refractivity contribution in [1.29, 1.82) is 0 Å². The minimum absolute atomic E-state index is 0.379. The minimum atomic E-state index is -0.634. The van der Waals surface area contributed by atoms with Crippen molar-refractivity contribution in [3.05, 3.63) is 40.9 Å².